The van der Waals surface area contributed by atoms with Gasteiger partial charge in [-0.15, -0.1) is 0 Å². The van der Waals surface area contributed by atoms with E-state index in [1.54, 1.807) is 25.3 Å². The van der Waals surface area contributed by atoms with Gasteiger partial charge in [-0.05, 0) is 25.1 Å². The topological polar surface area (TPSA) is 120 Å². The molecule has 0 spiro atoms. The van der Waals surface area contributed by atoms with E-state index in [4.69, 9.17) is 32.1 Å². The normalized spacial score (nSPS) is 11.2. The van der Waals surface area contributed by atoms with Crippen LogP contribution in [0.25, 0.3) is 5.70 Å². The average Bonchev–Trinajstić information content (AvgIpc) is 2.37. The fourth-order valence-electron chi connectivity index (χ4n) is 1.59. The van der Waals surface area contributed by atoms with Gasteiger partial charge in [0.25, 0.3) is 0 Å². The van der Waals surface area contributed by atoms with Crippen molar-refractivity contribution in [1.29, 1.82) is 5.41 Å². The molecule has 6 nitrogen and oxygen atoms in total. The molecule has 7 N–H and O–H groups in total. The van der Waals surface area contributed by atoms with Gasteiger partial charge in [0.15, 0.2) is 0 Å². The summed E-state index contributed by atoms with van der Waals surface area (Å²) in [4.78, 5) is 0. The summed E-state index contributed by atoms with van der Waals surface area (Å²) in [7, 11) is 1.55. The molecule has 6 heteroatoms. The van der Waals surface area contributed by atoms with Crippen molar-refractivity contribution in [2.75, 3.05) is 20.3 Å². The van der Waals surface area contributed by atoms with E-state index in [0.29, 0.717) is 35.9 Å². The van der Waals surface area contributed by atoms with Crippen molar-refractivity contribution < 1.29 is 9.47 Å². The monoisotopic (exact) mass is 264 g/mol. The third-order valence-electron chi connectivity index (χ3n) is 2.41. The van der Waals surface area contributed by atoms with E-state index in [-0.39, 0.29) is 5.84 Å². The summed E-state index contributed by atoms with van der Waals surface area (Å²) in [5, 5.41) is 7.26. The molecule has 0 aliphatic carbocycles. The molecule has 0 saturated heterocycles. The highest BCUT2D eigenvalue weighted by Crippen LogP contribution is 2.32. The van der Waals surface area contributed by atoms with Gasteiger partial charge in [-0.2, -0.15) is 0 Å². The number of ether oxygens (including phenoxy) is 2. The predicted octanol–water partition coefficient (Wildman–Crippen LogP) is 0.658. The Hall–Kier alpha value is -2.21. The molecule has 1 aromatic rings. The van der Waals surface area contributed by atoms with Crippen LogP contribution in [0.5, 0.6) is 11.5 Å². The Morgan fingerprint density at radius 2 is 2.00 bits per heavy atom. The van der Waals surface area contributed by atoms with Crippen LogP contribution in [0.1, 0.15) is 12.0 Å². The molecule has 0 fully saturated rings. The minimum atomic E-state index is -0.128. The quantitative estimate of drug-likeness (QED) is 0.327. The average molecular weight is 264 g/mol. The van der Waals surface area contributed by atoms with Crippen molar-refractivity contribution in [1.82, 2.24) is 0 Å². The summed E-state index contributed by atoms with van der Waals surface area (Å²) >= 11 is 0. The number of hydrogen-bond acceptors (Lipinski definition) is 5. The highest BCUT2D eigenvalue weighted by Gasteiger charge is 2.13. The maximum absolute atomic E-state index is 7.26. The molecule has 1 aromatic carbocycles. The van der Waals surface area contributed by atoms with Crippen molar-refractivity contribution in [2.45, 2.75) is 6.42 Å². The molecule has 19 heavy (non-hydrogen) atoms. The van der Waals surface area contributed by atoms with Crippen LogP contribution >= 0.6 is 0 Å². The summed E-state index contributed by atoms with van der Waals surface area (Å²) in [5.74, 6) is 1.03. The Morgan fingerprint density at radius 1 is 1.32 bits per heavy atom. The Kier molecular flexibility index (Phi) is 5.69. The summed E-state index contributed by atoms with van der Waals surface area (Å²) in [6, 6.07) is 5.36. The molecule has 0 saturated carbocycles. The van der Waals surface area contributed by atoms with E-state index in [0.717, 1.165) is 6.42 Å². The molecule has 0 heterocycles. The highest BCUT2D eigenvalue weighted by atomic mass is 16.5. The molecule has 0 atom stereocenters. The van der Waals surface area contributed by atoms with Crippen LogP contribution < -0.4 is 26.7 Å². The smallest absolute Gasteiger partial charge is 0.132 e. The first kappa shape index (κ1) is 14.8. The molecule has 104 valence electrons. The largest absolute Gasteiger partial charge is 0.496 e. The van der Waals surface area contributed by atoms with Crippen molar-refractivity contribution in [3.63, 3.8) is 0 Å². The first-order chi connectivity index (χ1) is 9.10. The zero-order valence-corrected chi connectivity index (χ0v) is 11.0. The van der Waals surface area contributed by atoms with Gasteiger partial charge in [0.2, 0.25) is 0 Å². The maximum atomic E-state index is 7.26. The van der Waals surface area contributed by atoms with Crippen molar-refractivity contribution in [3.8, 4) is 11.5 Å². The van der Waals surface area contributed by atoms with Crippen molar-refractivity contribution >= 4 is 11.5 Å². The molecular formula is C13H20N4O2. The zero-order chi connectivity index (χ0) is 14.3. The van der Waals surface area contributed by atoms with Gasteiger partial charge in [-0.25, -0.2) is 0 Å². The first-order valence-corrected chi connectivity index (χ1v) is 5.91. The van der Waals surface area contributed by atoms with Gasteiger partial charge in [0.1, 0.15) is 17.3 Å². The lowest BCUT2D eigenvalue weighted by molar-refractivity contribution is 0.309. The van der Waals surface area contributed by atoms with E-state index in [1.807, 2.05) is 0 Å². The molecule has 0 aromatic heterocycles. The number of methoxy groups -OCH3 is 1. The fourth-order valence-corrected chi connectivity index (χ4v) is 1.59. The molecule has 0 aliphatic heterocycles. The van der Waals surface area contributed by atoms with Crippen LogP contribution in [0.3, 0.4) is 0 Å². The van der Waals surface area contributed by atoms with E-state index in [1.165, 1.54) is 6.08 Å². The summed E-state index contributed by atoms with van der Waals surface area (Å²) < 4.78 is 10.9. The van der Waals surface area contributed by atoms with Crippen LogP contribution in [-0.4, -0.2) is 26.1 Å². The summed E-state index contributed by atoms with van der Waals surface area (Å²) in [5.41, 5.74) is 17.6. The second-order valence-corrected chi connectivity index (χ2v) is 3.88. The lowest BCUT2D eigenvalue weighted by atomic mass is 10.1. The molecule has 0 amide bonds. The predicted molar refractivity (Wildman–Crippen MR) is 76.2 cm³/mol. The van der Waals surface area contributed by atoms with Crippen LogP contribution in [0.4, 0.5) is 0 Å². The van der Waals surface area contributed by atoms with Gasteiger partial charge in [-0.1, -0.05) is 6.07 Å². The van der Waals surface area contributed by atoms with Crippen LogP contribution in [0.15, 0.2) is 24.3 Å². The number of nitrogens with one attached hydrogen (secondary N) is 1. The van der Waals surface area contributed by atoms with E-state index in [9.17, 15) is 0 Å². The summed E-state index contributed by atoms with van der Waals surface area (Å²) in [6.45, 7) is 1.04. The molecule has 1 rings (SSSR count). The Morgan fingerprint density at radius 3 is 2.58 bits per heavy atom. The number of benzene rings is 1. The minimum Gasteiger partial charge on any atom is -0.496 e. The first-order valence-electron chi connectivity index (χ1n) is 5.91. The standard InChI is InChI=1S/C13H20N4O2/c1-18-10-4-2-5-11(19-7-3-6-14)13(10)9(15)8-12(16)17/h2,4-5,8H,3,6-7,14-15H2,1H3,(H3,16,17)/b9-8-. The number of amidine groups is 1. The van der Waals surface area contributed by atoms with Crippen LogP contribution in [-0.2, 0) is 0 Å². The third-order valence-corrected chi connectivity index (χ3v) is 2.41. The minimum absolute atomic E-state index is 0.128. The van der Waals surface area contributed by atoms with Crippen LogP contribution in [0, 0.1) is 5.41 Å². The fraction of sp³-hybridized carbons (Fsp3) is 0.308. The SMILES string of the molecule is COc1cccc(OCCCN)c1/C(N)=C/C(=N)N. The lowest BCUT2D eigenvalue weighted by Gasteiger charge is -2.15. The van der Waals surface area contributed by atoms with E-state index in [2.05, 4.69) is 0 Å². The number of rotatable bonds is 7. The molecular weight excluding hydrogens is 244 g/mol. The van der Waals surface area contributed by atoms with Gasteiger partial charge in [0.05, 0.1) is 19.3 Å². The van der Waals surface area contributed by atoms with E-state index < -0.39 is 0 Å². The molecule has 0 bridgehead atoms. The Labute approximate surface area is 112 Å². The zero-order valence-electron chi connectivity index (χ0n) is 11.0. The van der Waals surface area contributed by atoms with E-state index >= 15 is 0 Å². The second-order valence-electron chi connectivity index (χ2n) is 3.88. The van der Waals surface area contributed by atoms with Gasteiger partial charge < -0.3 is 26.7 Å². The summed E-state index contributed by atoms with van der Waals surface area (Å²) in [6.07, 6.45) is 2.10. The molecule has 0 unspecified atom stereocenters. The molecule has 0 radical (unpaired) electrons. The number of hydrogen-bond donors (Lipinski definition) is 4. The number of nitrogens with two attached hydrogens (primary N) is 3. The third kappa shape index (κ3) is 4.18. The van der Waals surface area contributed by atoms with Gasteiger partial charge in [-0.3, -0.25) is 5.41 Å². The van der Waals surface area contributed by atoms with Crippen molar-refractivity contribution in [3.05, 3.63) is 29.8 Å². The second kappa shape index (κ2) is 7.27. The van der Waals surface area contributed by atoms with Gasteiger partial charge >= 0.3 is 0 Å². The van der Waals surface area contributed by atoms with Gasteiger partial charge in [0, 0.05) is 11.8 Å². The lowest BCUT2D eigenvalue weighted by Crippen LogP contribution is -2.12. The highest BCUT2D eigenvalue weighted by molar-refractivity contribution is 5.96. The van der Waals surface area contributed by atoms with Crippen molar-refractivity contribution in [2.24, 2.45) is 17.2 Å². The Bertz CT molecular complexity index is 472. The Balaban J connectivity index is 3.12. The maximum Gasteiger partial charge on any atom is 0.132 e. The molecule has 0 aliphatic rings. The van der Waals surface area contributed by atoms with Crippen LogP contribution in [0.2, 0.25) is 0 Å².